The van der Waals surface area contributed by atoms with Gasteiger partial charge in [0.25, 0.3) is 0 Å². The predicted molar refractivity (Wildman–Crippen MR) is 74.2 cm³/mol. The van der Waals surface area contributed by atoms with Crippen molar-refractivity contribution in [1.29, 1.82) is 0 Å². The summed E-state index contributed by atoms with van der Waals surface area (Å²) in [4.78, 5) is 4.51. The van der Waals surface area contributed by atoms with E-state index in [0.717, 1.165) is 36.4 Å². The Labute approximate surface area is 118 Å². The predicted octanol–water partition coefficient (Wildman–Crippen LogP) is 2.01. The number of benzene rings is 1. The number of ether oxygens (including phenoxy) is 1. The van der Waals surface area contributed by atoms with Gasteiger partial charge in [0.2, 0.25) is 5.89 Å². The standard InChI is InChI=1S/C15H19N3O2/c16-9-12-5-2-1-4-11(12)8-14-17-15(18-20-14)13-6-3-7-19-10-13/h1-2,4-5,13H,3,6-10,16H2. The fourth-order valence-corrected chi connectivity index (χ4v) is 2.54. The maximum absolute atomic E-state index is 5.74. The first-order valence-electron chi connectivity index (χ1n) is 7.04. The van der Waals surface area contributed by atoms with Gasteiger partial charge in [-0.25, -0.2) is 0 Å². The number of nitrogens with two attached hydrogens (primary N) is 1. The van der Waals surface area contributed by atoms with Crippen LogP contribution in [0.5, 0.6) is 0 Å². The first-order valence-corrected chi connectivity index (χ1v) is 7.04. The van der Waals surface area contributed by atoms with E-state index in [-0.39, 0.29) is 5.92 Å². The van der Waals surface area contributed by atoms with E-state index in [1.54, 1.807) is 0 Å². The van der Waals surface area contributed by atoms with Crippen LogP contribution >= 0.6 is 0 Å². The molecular formula is C15H19N3O2. The van der Waals surface area contributed by atoms with E-state index < -0.39 is 0 Å². The van der Waals surface area contributed by atoms with Gasteiger partial charge in [-0.2, -0.15) is 4.98 Å². The first kappa shape index (κ1) is 13.3. The average Bonchev–Trinajstić information content (AvgIpc) is 2.97. The van der Waals surface area contributed by atoms with E-state index in [2.05, 4.69) is 16.2 Å². The molecule has 1 unspecified atom stereocenters. The maximum Gasteiger partial charge on any atom is 0.231 e. The van der Waals surface area contributed by atoms with Crippen molar-refractivity contribution in [3.05, 3.63) is 47.1 Å². The summed E-state index contributed by atoms with van der Waals surface area (Å²) in [6, 6.07) is 8.07. The van der Waals surface area contributed by atoms with Crippen LogP contribution in [0.25, 0.3) is 0 Å². The number of nitrogens with zero attached hydrogens (tertiary/aromatic N) is 2. The third-order valence-corrected chi connectivity index (χ3v) is 3.69. The Morgan fingerprint density at radius 2 is 2.10 bits per heavy atom. The molecule has 0 radical (unpaired) electrons. The largest absolute Gasteiger partial charge is 0.381 e. The van der Waals surface area contributed by atoms with E-state index in [1.165, 1.54) is 0 Å². The van der Waals surface area contributed by atoms with Gasteiger partial charge in [0.05, 0.1) is 13.0 Å². The molecule has 0 spiro atoms. The fourth-order valence-electron chi connectivity index (χ4n) is 2.54. The highest BCUT2D eigenvalue weighted by Gasteiger charge is 2.21. The molecule has 1 atom stereocenters. The zero-order valence-corrected chi connectivity index (χ0v) is 11.4. The van der Waals surface area contributed by atoms with E-state index in [0.29, 0.717) is 25.5 Å². The Hall–Kier alpha value is -1.72. The second kappa shape index (κ2) is 6.15. The summed E-state index contributed by atoms with van der Waals surface area (Å²) in [5.74, 6) is 1.68. The van der Waals surface area contributed by atoms with E-state index in [4.69, 9.17) is 15.0 Å². The van der Waals surface area contributed by atoms with Crippen molar-refractivity contribution in [2.45, 2.75) is 31.7 Å². The monoisotopic (exact) mass is 273 g/mol. The molecule has 5 nitrogen and oxygen atoms in total. The van der Waals surface area contributed by atoms with Gasteiger partial charge < -0.3 is 15.0 Å². The molecule has 0 bridgehead atoms. The lowest BCUT2D eigenvalue weighted by atomic mass is 10.0. The summed E-state index contributed by atoms with van der Waals surface area (Å²) in [5, 5.41) is 4.09. The van der Waals surface area contributed by atoms with Gasteiger partial charge in [-0.3, -0.25) is 0 Å². The van der Waals surface area contributed by atoms with Crippen LogP contribution in [0.15, 0.2) is 28.8 Å². The van der Waals surface area contributed by atoms with Crippen LogP contribution in [0.1, 0.15) is 41.6 Å². The normalized spacial score (nSPS) is 19.1. The number of hydrogen-bond donors (Lipinski definition) is 1. The van der Waals surface area contributed by atoms with Crippen molar-refractivity contribution < 1.29 is 9.26 Å². The van der Waals surface area contributed by atoms with Gasteiger partial charge in [-0.05, 0) is 24.0 Å². The molecule has 1 aromatic carbocycles. The van der Waals surface area contributed by atoms with Crippen molar-refractivity contribution in [3.63, 3.8) is 0 Å². The van der Waals surface area contributed by atoms with E-state index >= 15 is 0 Å². The molecule has 1 aromatic heterocycles. The minimum Gasteiger partial charge on any atom is -0.381 e. The van der Waals surface area contributed by atoms with Crippen LogP contribution in [0.3, 0.4) is 0 Å². The molecular weight excluding hydrogens is 254 g/mol. The molecule has 1 aliphatic rings. The summed E-state index contributed by atoms with van der Waals surface area (Å²) in [5.41, 5.74) is 8.01. The van der Waals surface area contributed by atoms with Crippen LogP contribution in [0, 0.1) is 0 Å². The molecule has 3 rings (SSSR count). The van der Waals surface area contributed by atoms with E-state index in [1.807, 2.05) is 18.2 Å². The second-order valence-electron chi connectivity index (χ2n) is 5.11. The van der Waals surface area contributed by atoms with E-state index in [9.17, 15) is 0 Å². The molecule has 2 aromatic rings. The Morgan fingerprint density at radius 3 is 2.85 bits per heavy atom. The Morgan fingerprint density at radius 1 is 1.25 bits per heavy atom. The lowest BCUT2D eigenvalue weighted by Crippen LogP contribution is -2.16. The van der Waals surface area contributed by atoms with Gasteiger partial charge in [0, 0.05) is 19.1 Å². The Bertz CT molecular complexity index is 562. The van der Waals surface area contributed by atoms with Gasteiger partial charge >= 0.3 is 0 Å². The topological polar surface area (TPSA) is 74.2 Å². The SMILES string of the molecule is NCc1ccccc1Cc1nc(C2CCCOC2)no1. The van der Waals surface area contributed by atoms with Crippen LogP contribution in [-0.4, -0.2) is 23.4 Å². The fraction of sp³-hybridized carbons (Fsp3) is 0.467. The highest BCUT2D eigenvalue weighted by atomic mass is 16.5. The highest BCUT2D eigenvalue weighted by molar-refractivity contribution is 5.29. The number of rotatable bonds is 4. The summed E-state index contributed by atoms with van der Waals surface area (Å²) < 4.78 is 10.8. The molecule has 5 heteroatoms. The van der Waals surface area contributed by atoms with Crippen molar-refractivity contribution in [1.82, 2.24) is 10.1 Å². The van der Waals surface area contributed by atoms with Gasteiger partial charge in [-0.1, -0.05) is 29.4 Å². The van der Waals surface area contributed by atoms with Gasteiger partial charge in [0.1, 0.15) is 0 Å². The first-order chi connectivity index (χ1) is 9.86. The summed E-state index contributed by atoms with van der Waals surface area (Å²) in [6.45, 7) is 2.05. The second-order valence-corrected chi connectivity index (χ2v) is 5.11. The molecule has 1 fully saturated rings. The smallest absolute Gasteiger partial charge is 0.231 e. The number of aromatic nitrogens is 2. The molecule has 2 heterocycles. The zero-order chi connectivity index (χ0) is 13.8. The highest BCUT2D eigenvalue weighted by Crippen LogP contribution is 2.23. The molecule has 0 aliphatic carbocycles. The van der Waals surface area contributed by atoms with Gasteiger partial charge in [0.15, 0.2) is 5.82 Å². The number of hydrogen-bond acceptors (Lipinski definition) is 5. The van der Waals surface area contributed by atoms with Crippen LogP contribution < -0.4 is 5.73 Å². The third-order valence-electron chi connectivity index (χ3n) is 3.69. The Balaban J connectivity index is 1.73. The summed E-state index contributed by atoms with van der Waals surface area (Å²) in [6.07, 6.45) is 2.76. The zero-order valence-electron chi connectivity index (χ0n) is 11.4. The molecule has 1 saturated heterocycles. The minimum absolute atomic E-state index is 0.269. The molecule has 2 N–H and O–H groups in total. The molecule has 0 amide bonds. The van der Waals surface area contributed by atoms with Crippen LogP contribution in [-0.2, 0) is 17.7 Å². The minimum atomic E-state index is 0.269. The third kappa shape index (κ3) is 2.89. The quantitative estimate of drug-likeness (QED) is 0.922. The molecule has 1 aliphatic heterocycles. The van der Waals surface area contributed by atoms with Gasteiger partial charge in [-0.15, -0.1) is 0 Å². The lowest BCUT2D eigenvalue weighted by Gasteiger charge is -2.18. The van der Waals surface area contributed by atoms with Crippen molar-refractivity contribution in [2.24, 2.45) is 5.73 Å². The molecule has 106 valence electrons. The Kier molecular flexibility index (Phi) is 4.08. The average molecular weight is 273 g/mol. The van der Waals surface area contributed by atoms with Crippen molar-refractivity contribution in [2.75, 3.05) is 13.2 Å². The van der Waals surface area contributed by atoms with Crippen LogP contribution in [0.2, 0.25) is 0 Å². The summed E-state index contributed by atoms with van der Waals surface area (Å²) in [7, 11) is 0. The maximum atomic E-state index is 5.74. The molecule has 20 heavy (non-hydrogen) atoms. The lowest BCUT2D eigenvalue weighted by molar-refractivity contribution is 0.0773. The van der Waals surface area contributed by atoms with Crippen molar-refractivity contribution in [3.8, 4) is 0 Å². The summed E-state index contributed by atoms with van der Waals surface area (Å²) >= 11 is 0. The molecule has 0 saturated carbocycles. The van der Waals surface area contributed by atoms with Crippen LogP contribution in [0.4, 0.5) is 0 Å². The van der Waals surface area contributed by atoms with Crippen molar-refractivity contribution >= 4 is 0 Å².